The molecule has 0 aliphatic carbocycles. The molecule has 1 aromatic carbocycles. The molecule has 0 fully saturated rings. The molecule has 0 atom stereocenters. The summed E-state index contributed by atoms with van der Waals surface area (Å²) in [5, 5.41) is 11.6. The summed E-state index contributed by atoms with van der Waals surface area (Å²) >= 11 is 0. The second-order valence-electron chi connectivity index (χ2n) is 4.95. The molecule has 3 heteroatoms. The summed E-state index contributed by atoms with van der Waals surface area (Å²) in [5.74, 6) is 0.971. The number of aromatic nitrogens is 1. The first-order valence-corrected chi connectivity index (χ1v) is 6.97. The van der Waals surface area contributed by atoms with E-state index in [2.05, 4.69) is 36.0 Å². The van der Waals surface area contributed by atoms with Crippen LogP contribution < -0.4 is 4.90 Å². The van der Waals surface area contributed by atoms with Crippen molar-refractivity contribution in [3.63, 3.8) is 0 Å². The Balaban J connectivity index is 2.34. The van der Waals surface area contributed by atoms with E-state index in [-0.39, 0.29) is 6.61 Å². The molecule has 1 heterocycles. The van der Waals surface area contributed by atoms with E-state index in [1.54, 1.807) is 0 Å². The van der Waals surface area contributed by atoms with Crippen LogP contribution in [-0.2, 0) is 6.61 Å². The lowest BCUT2D eigenvalue weighted by molar-refractivity contribution is 0.277. The summed E-state index contributed by atoms with van der Waals surface area (Å²) in [5.41, 5.74) is 0.732. The zero-order valence-electron chi connectivity index (χ0n) is 11.8. The predicted molar refractivity (Wildman–Crippen MR) is 80.5 cm³/mol. The van der Waals surface area contributed by atoms with E-state index in [1.807, 2.05) is 18.2 Å². The van der Waals surface area contributed by atoms with E-state index in [0.717, 1.165) is 28.8 Å². The van der Waals surface area contributed by atoms with Gasteiger partial charge in [-0.2, -0.15) is 0 Å². The molecule has 1 aromatic heterocycles. The monoisotopic (exact) mass is 258 g/mol. The molecule has 2 rings (SSSR count). The van der Waals surface area contributed by atoms with Crippen molar-refractivity contribution in [3.8, 4) is 0 Å². The predicted octanol–water partition coefficient (Wildman–Crippen LogP) is 3.35. The Hall–Kier alpha value is -1.61. The van der Waals surface area contributed by atoms with Gasteiger partial charge < -0.3 is 10.0 Å². The molecule has 0 saturated carbocycles. The van der Waals surface area contributed by atoms with Gasteiger partial charge >= 0.3 is 0 Å². The Labute approximate surface area is 114 Å². The Bertz CT molecular complexity index is 539. The number of unbranched alkanes of at least 4 members (excludes halogenated alkanes) is 2. The fraction of sp³-hybridized carbons (Fsp3) is 0.438. The normalized spacial score (nSPS) is 10.9. The Kier molecular flexibility index (Phi) is 4.74. The lowest BCUT2D eigenvalue weighted by Crippen LogP contribution is -2.20. The third kappa shape index (κ3) is 3.24. The van der Waals surface area contributed by atoms with Crippen molar-refractivity contribution in [1.29, 1.82) is 0 Å². The molecular weight excluding hydrogens is 236 g/mol. The SMILES string of the molecule is CCCCCN(C)c1nc(CO)cc2ccccc12. The number of anilines is 1. The smallest absolute Gasteiger partial charge is 0.136 e. The highest BCUT2D eigenvalue weighted by molar-refractivity contribution is 5.92. The van der Waals surface area contributed by atoms with Crippen LogP contribution in [0.5, 0.6) is 0 Å². The molecule has 0 spiro atoms. The number of benzene rings is 1. The first-order chi connectivity index (χ1) is 9.26. The second-order valence-corrected chi connectivity index (χ2v) is 4.95. The summed E-state index contributed by atoms with van der Waals surface area (Å²) in [6.07, 6.45) is 3.63. The van der Waals surface area contributed by atoms with Crippen molar-refractivity contribution < 1.29 is 5.11 Å². The summed E-state index contributed by atoms with van der Waals surface area (Å²) in [4.78, 5) is 6.77. The average molecular weight is 258 g/mol. The summed E-state index contributed by atoms with van der Waals surface area (Å²) in [6, 6.07) is 10.2. The molecule has 2 aromatic rings. The zero-order chi connectivity index (χ0) is 13.7. The van der Waals surface area contributed by atoms with Gasteiger partial charge in [0.2, 0.25) is 0 Å². The molecule has 3 nitrogen and oxygen atoms in total. The lowest BCUT2D eigenvalue weighted by atomic mass is 10.1. The van der Waals surface area contributed by atoms with Gasteiger partial charge in [0.05, 0.1) is 12.3 Å². The van der Waals surface area contributed by atoms with Gasteiger partial charge in [0.15, 0.2) is 0 Å². The van der Waals surface area contributed by atoms with Crippen LogP contribution in [0, 0.1) is 0 Å². The first kappa shape index (κ1) is 13.8. The number of nitrogens with zero attached hydrogens (tertiary/aromatic N) is 2. The molecule has 0 unspecified atom stereocenters. The van der Waals surface area contributed by atoms with Crippen molar-refractivity contribution in [2.45, 2.75) is 32.8 Å². The molecule has 0 amide bonds. The summed E-state index contributed by atoms with van der Waals surface area (Å²) < 4.78 is 0. The van der Waals surface area contributed by atoms with Crippen LogP contribution >= 0.6 is 0 Å². The van der Waals surface area contributed by atoms with Crippen LogP contribution in [0.3, 0.4) is 0 Å². The molecule has 102 valence electrons. The van der Waals surface area contributed by atoms with Gasteiger partial charge in [0.25, 0.3) is 0 Å². The third-order valence-corrected chi connectivity index (χ3v) is 3.39. The quantitative estimate of drug-likeness (QED) is 0.807. The molecule has 0 bridgehead atoms. The minimum atomic E-state index is -0.0133. The maximum Gasteiger partial charge on any atom is 0.136 e. The Morgan fingerprint density at radius 3 is 2.74 bits per heavy atom. The van der Waals surface area contributed by atoms with E-state index < -0.39 is 0 Å². The van der Waals surface area contributed by atoms with Crippen molar-refractivity contribution in [1.82, 2.24) is 4.98 Å². The topological polar surface area (TPSA) is 36.4 Å². The minimum absolute atomic E-state index is 0.0133. The van der Waals surface area contributed by atoms with E-state index >= 15 is 0 Å². The molecule has 0 radical (unpaired) electrons. The van der Waals surface area contributed by atoms with Crippen LogP contribution in [0.4, 0.5) is 5.82 Å². The number of hydrogen-bond donors (Lipinski definition) is 1. The van der Waals surface area contributed by atoms with Crippen LogP contribution in [0.2, 0.25) is 0 Å². The van der Waals surface area contributed by atoms with E-state index in [0.29, 0.717) is 0 Å². The maximum atomic E-state index is 9.34. The van der Waals surface area contributed by atoms with E-state index in [9.17, 15) is 5.11 Å². The molecule has 19 heavy (non-hydrogen) atoms. The summed E-state index contributed by atoms with van der Waals surface area (Å²) in [7, 11) is 2.07. The molecule has 0 aliphatic rings. The Morgan fingerprint density at radius 2 is 2.00 bits per heavy atom. The standard InChI is InChI=1S/C16H22N2O/c1-3-4-7-10-18(2)16-15-9-6-5-8-13(15)11-14(12-19)17-16/h5-6,8-9,11,19H,3-4,7,10,12H2,1-2H3. The molecule has 0 aliphatic heterocycles. The number of aliphatic hydroxyl groups excluding tert-OH is 1. The number of pyridine rings is 1. The van der Waals surface area contributed by atoms with E-state index in [4.69, 9.17) is 0 Å². The maximum absolute atomic E-state index is 9.34. The fourth-order valence-electron chi connectivity index (χ4n) is 2.31. The largest absolute Gasteiger partial charge is 0.390 e. The van der Waals surface area contributed by atoms with Gasteiger partial charge in [-0.3, -0.25) is 0 Å². The van der Waals surface area contributed by atoms with Gasteiger partial charge in [-0.1, -0.05) is 44.0 Å². The second kappa shape index (κ2) is 6.53. The van der Waals surface area contributed by atoms with Gasteiger partial charge in [-0.15, -0.1) is 0 Å². The van der Waals surface area contributed by atoms with Gasteiger partial charge in [0, 0.05) is 19.0 Å². The van der Waals surface area contributed by atoms with Crippen molar-refractivity contribution in [3.05, 3.63) is 36.0 Å². The highest BCUT2D eigenvalue weighted by Crippen LogP contribution is 2.25. The van der Waals surface area contributed by atoms with Crippen LogP contribution in [0.15, 0.2) is 30.3 Å². The van der Waals surface area contributed by atoms with Gasteiger partial charge in [0.1, 0.15) is 5.82 Å². The van der Waals surface area contributed by atoms with Crippen LogP contribution in [0.1, 0.15) is 31.9 Å². The summed E-state index contributed by atoms with van der Waals surface area (Å²) in [6.45, 7) is 3.19. The van der Waals surface area contributed by atoms with Crippen LogP contribution in [-0.4, -0.2) is 23.7 Å². The molecule has 1 N–H and O–H groups in total. The molecular formula is C16H22N2O. The van der Waals surface area contributed by atoms with Crippen molar-refractivity contribution >= 4 is 16.6 Å². The Morgan fingerprint density at radius 1 is 1.21 bits per heavy atom. The minimum Gasteiger partial charge on any atom is -0.390 e. The van der Waals surface area contributed by atoms with Crippen LogP contribution in [0.25, 0.3) is 10.8 Å². The first-order valence-electron chi connectivity index (χ1n) is 6.97. The highest BCUT2D eigenvalue weighted by Gasteiger charge is 2.09. The number of hydrogen-bond acceptors (Lipinski definition) is 3. The highest BCUT2D eigenvalue weighted by atomic mass is 16.3. The fourth-order valence-corrected chi connectivity index (χ4v) is 2.31. The number of aliphatic hydroxyl groups is 1. The molecule has 0 saturated heterocycles. The zero-order valence-corrected chi connectivity index (χ0v) is 11.8. The van der Waals surface area contributed by atoms with Gasteiger partial charge in [-0.25, -0.2) is 4.98 Å². The number of rotatable bonds is 6. The lowest BCUT2D eigenvalue weighted by Gasteiger charge is -2.20. The van der Waals surface area contributed by atoms with Crippen molar-refractivity contribution in [2.75, 3.05) is 18.5 Å². The van der Waals surface area contributed by atoms with E-state index in [1.165, 1.54) is 19.3 Å². The average Bonchev–Trinajstić information content (AvgIpc) is 2.46. The van der Waals surface area contributed by atoms with Gasteiger partial charge in [-0.05, 0) is 17.9 Å². The van der Waals surface area contributed by atoms with Crippen molar-refractivity contribution in [2.24, 2.45) is 0 Å². The third-order valence-electron chi connectivity index (χ3n) is 3.39. The number of fused-ring (bicyclic) bond motifs is 1.